The summed E-state index contributed by atoms with van der Waals surface area (Å²) >= 11 is 0. The molecular formula is C20H19NO3. The van der Waals surface area contributed by atoms with E-state index in [-0.39, 0.29) is 11.7 Å². The molecule has 0 aromatic heterocycles. The zero-order chi connectivity index (χ0) is 16.9. The van der Waals surface area contributed by atoms with E-state index in [9.17, 15) is 14.7 Å². The van der Waals surface area contributed by atoms with Gasteiger partial charge >= 0.3 is 6.09 Å². The van der Waals surface area contributed by atoms with Crippen molar-refractivity contribution in [3.8, 4) is 11.1 Å². The van der Waals surface area contributed by atoms with E-state index in [1.54, 1.807) is 6.92 Å². The molecule has 0 saturated carbocycles. The number of Topliss-reactive ketones (excluding diaryl/α,β-unsaturated/α-hetero) is 1. The lowest BCUT2D eigenvalue weighted by Crippen LogP contribution is -2.61. The van der Waals surface area contributed by atoms with Crippen LogP contribution in [0.3, 0.4) is 0 Å². The molecule has 2 aliphatic rings. The Kier molecular flexibility index (Phi) is 3.23. The maximum absolute atomic E-state index is 12.9. The van der Waals surface area contributed by atoms with Crippen molar-refractivity contribution in [1.29, 1.82) is 0 Å². The number of likely N-dealkylation sites (tertiary alicyclic amines) is 1. The van der Waals surface area contributed by atoms with Crippen molar-refractivity contribution in [2.24, 2.45) is 0 Å². The number of piperidine rings is 1. The monoisotopic (exact) mass is 321 g/mol. The summed E-state index contributed by atoms with van der Waals surface area (Å²) in [5, 5.41) is 9.72. The van der Waals surface area contributed by atoms with Gasteiger partial charge in [-0.2, -0.15) is 0 Å². The van der Waals surface area contributed by atoms with Gasteiger partial charge in [-0.25, -0.2) is 4.79 Å². The second-order valence-electron chi connectivity index (χ2n) is 6.72. The third-order valence-corrected chi connectivity index (χ3v) is 5.54. The first-order chi connectivity index (χ1) is 11.5. The number of hydrogen-bond acceptors (Lipinski definition) is 2. The van der Waals surface area contributed by atoms with E-state index < -0.39 is 11.6 Å². The average Bonchev–Trinajstić information content (AvgIpc) is 2.92. The lowest BCUT2D eigenvalue weighted by Gasteiger charge is -2.46. The molecule has 4 rings (SSSR count). The van der Waals surface area contributed by atoms with Crippen molar-refractivity contribution in [3.63, 3.8) is 0 Å². The molecule has 1 saturated heterocycles. The predicted molar refractivity (Wildman–Crippen MR) is 91.1 cm³/mol. The number of rotatable bonds is 1. The summed E-state index contributed by atoms with van der Waals surface area (Å²) in [6, 6.07) is 16.0. The van der Waals surface area contributed by atoms with Crippen LogP contribution < -0.4 is 0 Å². The van der Waals surface area contributed by atoms with Gasteiger partial charge < -0.3 is 5.11 Å². The molecule has 1 N–H and O–H groups in total. The van der Waals surface area contributed by atoms with Gasteiger partial charge in [0.05, 0.1) is 0 Å². The van der Waals surface area contributed by atoms with Gasteiger partial charge in [0.15, 0.2) is 5.78 Å². The van der Waals surface area contributed by atoms with Gasteiger partial charge in [-0.05, 0) is 35.6 Å². The van der Waals surface area contributed by atoms with Crippen LogP contribution in [0.5, 0.6) is 0 Å². The van der Waals surface area contributed by atoms with Crippen molar-refractivity contribution in [2.75, 3.05) is 6.54 Å². The predicted octanol–water partition coefficient (Wildman–Crippen LogP) is 3.90. The Morgan fingerprint density at radius 2 is 1.62 bits per heavy atom. The summed E-state index contributed by atoms with van der Waals surface area (Å²) in [4.78, 5) is 26.2. The zero-order valence-electron chi connectivity index (χ0n) is 13.5. The first-order valence-electron chi connectivity index (χ1n) is 8.27. The fourth-order valence-electron chi connectivity index (χ4n) is 4.41. The molecule has 4 heteroatoms. The second kappa shape index (κ2) is 5.20. The van der Waals surface area contributed by atoms with Gasteiger partial charge in [0, 0.05) is 18.9 Å². The molecule has 2 aromatic carbocycles. The first kappa shape index (κ1) is 14.9. The van der Waals surface area contributed by atoms with Crippen LogP contribution >= 0.6 is 0 Å². The summed E-state index contributed by atoms with van der Waals surface area (Å²) in [5.74, 6) is -0.249. The van der Waals surface area contributed by atoms with E-state index in [2.05, 4.69) is 12.1 Å². The molecule has 0 spiro atoms. The topological polar surface area (TPSA) is 57.6 Å². The first-order valence-corrected chi connectivity index (χ1v) is 8.27. The Morgan fingerprint density at radius 1 is 1.08 bits per heavy atom. The number of hydrogen-bond donors (Lipinski definition) is 1. The second-order valence-corrected chi connectivity index (χ2v) is 6.72. The molecule has 1 aliphatic heterocycles. The Bertz CT molecular complexity index is 799. The Hall–Kier alpha value is -2.62. The van der Waals surface area contributed by atoms with Crippen LogP contribution in [-0.4, -0.2) is 34.0 Å². The summed E-state index contributed by atoms with van der Waals surface area (Å²) in [6.45, 7) is 2.20. The number of nitrogens with zero attached hydrogens (tertiary/aromatic N) is 1. The standard InChI is InChI=1S/C20H19NO3/c1-20(17(22)11-6-12-21(20)19(23)24)18-15-9-4-2-7-13(15)14-8-3-5-10-16(14)18/h2-5,7-10,18H,6,11-12H2,1H3,(H,23,24). The molecule has 122 valence electrons. The van der Waals surface area contributed by atoms with E-state index in [1.165, 1.54) is 4.90 Å². The number of carboxylic acid groups (broad SMARTS) is 1. The highest BCUT2D eigenvalue weighted by Gasteiger charge is 2.53. The minimum absolute atomic E-state index is 0.00709. The number of benzene rings is 2. The maximum atomic E-state index is 12.9. The molecule has 1 unspecified atom stereocenters. The maximum Gasteiger partial charge on any atom is 0.408 e. The Labute approximate surface area is 140 Å². The third kappa shape index (κ3) is 1.86. The van der Waals surface area contributed by atoms with Gasteiger partial charge in [-0.15, -0.1) is 0 Å². The fraction of sp³-hybridized carbons (Fsp3) is 0.300. The molecule has 2 aromatic rings. The third-order valence-electron chi connectivity index (χ3n) is 5.54. The molecule has 1 aliphatic carbocycles. The quantitative estimate of drug-likeness (QED) is 0.866. The number of carbonyl (C=O) groups excluding carboxylic acids is 1. The highest BCUT2D eigenvalue weighted by molar-refractivity contribution is 5.96. The van der Waals surface area contributed by atoms with Crippen LogP contribution in [0.25, 0.3) is 11.1 Å². The SMILES string of the molecule is CC1(C2c3ccccc3-c3ccccc32)C(=O)CCCN1C(=O)O. The van der Waals surface area contributed by atoms with Crippen LogP contribution in [0.4, 0.5) is 4.79 Å². The molecule has 1 amide bonds. The van der Waals surface area contributed by atoms with E-state index in [0.717, 1.165) is 22.3 Å². The summed E-state index contributed by atoms with van der Waals surface area (Å²) in [6.07, 6.45) is 0.00473. The highest BCUT2D eigenvalue weighted by Crippen LogP contribution is 2.52. The number of ketones is 1. The van der Waals surface area contributed by atoms with Crippen LogP contribution in [0, 0.1) is 0 Å². The normalized spacial score (nSPS) is 23.0. The highest BCUT2D eigenvalue weighted by atomic mass is 16.4. The van der Waals surface area contributed by atoms with Crippen molar-refractivity contribution in [2.45, 2.75) is 31.2 Å². The molecule has 24 heavy (non-hydrogen) atoms. The van der Waals surface area contributed by atoms with Gasteiger partial charge in [0.25, 0.3) is 0 Å². The van der Waals surface area contributed by atoms with Crippen molar-refractivity contribution < 1.29 is 14.7 Å². The van der Waals surface area contributed by atoms with E-state index in [4.69, 9.17) is 0 Å². The minimum atomic E-state index is -1.06. The zero-order valence-corrected chi connectivity index (χ0v) is 13.5. The molecular weight excluding hydrogens is 302 g/mol. The minimum Gasteiger partial charge on any atom is -0.465 e. The average molecular weight is 321 g/mol. The van der Waals surface area contributed by atoms with E-state index in [0.29, 0.717) is 19.4 Å². The van der Waals surface area contributed by atoms with Crippen LogP contribution in [0.2, 0.25) is 0 Å². The van der Waals surface area contributed by atoms with Crippen LogP contribution in [0.15, 0.2) is 48.5 Å². The summed E-state index contributed by atoms with van der Waals surface area (Å²) in [7, 11) is 0. The smallest absolute Gasteiger partial charge is 0.408 e. The van der Waals surface area contributed by atoms with Crippen molar-refractivity contribution >= 4 is 11.9 Å². The van der Waals surface area contributed by atoms with E-state index >= 15 is 0 Å². The lowest BCUT2D eigenvalue weighted by molar-refractivity contribution is -0.133. The largest absolute Gasteiger partial charge is 0.465 e. The summed E-state index contributed by atoms with van der Waals surface area (Å²) in [5.41, 5.74) is 3.23. The molecule has 4 nitrogen and oxygen atoms in total. The van der Waals surface area contributed by atoms with Crippen molar-refractivity contribution in [3.05, 3.63) is 59.7 Å². The summed E-state index contributed by atoms with van der Waals surface area (Å²) < 4.78 is 0. The molecule has 0 radical (unpaired) electrons. The lowest BCUT2D eigenvalue weighted by atomic mass is 9.72. The fourth-order valence-corrected chi connectivity index (χ4v) is 4.41. The van der Waals surface area contributed by atoms with E-state index in [1.807, 2.05) is 36.4 Å². The van der Waals surface area contributed by atoms with Crippen LogP contribution in [-0.2, 0) is 4.79 Å². The van der Waals surface area contributed by atoms with Gasteiger partial charge in [0.1, 0.15) is 5.54 Å². The molecule has 1 heterocycles. The van der Waals surface area contributed by atoms with Gasteiger partial charge in [-0.1, -0.05) is 48.5 Å². The molecule has 0 bridgehead atoms. The number of carbonyl (C=O) groups is 2. The molecule has 1 atom stereocenters. The molecule has 1 fully saturated rings. The van der Waals surface area contributed by atoms with Gasteiger partial charge in [0.2, 0.25) is 0 Å². The number of amides is 1. The Balaban J connectivity index is 1.97. The van der Waals surface area contributed by atoms with Crippen molar-refractivity contribution in [1.82, 2.24) is 4.90 Å². The Morgan fingerprint density at radius 3 is 2.17 bits per heavy atom. The van der Waals surface area contributed by atoms with Crippen LogP contribution in [0.1, 0.15) is 36.8 Å². The number of fused-ring (bicyclic) bond motifs is 3. The van der Waals surface area contributed by atoms with Gasteiger partial charge in [-0.3, -0.25) is 9.69 Å².